The summed E-state index contributed by atoms with van der Waals surface area (Å²) >= 11 is 0. The average Bonchev–Trinajstić information content (AvgIpc) is 2.79. The van der Waals surface area contributed by atoms with Crippen LogP contribution in [0.1, 0.15) is 39.5 Å². The molecule has 98 valence electrons. The van der Waals surface area contributed by atoms with Gasteiger partial charge in [-0.15, -0.1) is 0 Å². The molecule has 5 nitrogen and oxygen atoms in total. The molecule has 0 bridgehead atoms. The molecule has 5 heteroatoms. The fourth-order valence-corrected chi connectivity index (χ4v) is 1.99. The minimum atomic E-state index is -0.0314. The number of nitrogens with one attached hydrogen (secondary N) is 3. The summed E-state index contributed by atoms with van der Waals surface area (Å²) in [5.41, 5.74) is 0. The van der Waals surface area contributed by atoms with Crippen LogP contribution in [-0.4, -0.2) is 37.5 Å². The van der Waals surface area contributed by atoms with Gasteiger partial charge in [0.1, 0.15) is 6.54 Å². The zero-order chi connectivity index (χ0) is 12.5. The summed E-state index contributed by atoms with van der Waals surface area (Å²) in [6, 6.07) is 0.516. The molecule has 0 aromatic heterocycles. The summed E-state index contributed by atoms with van der Waals surface area (Å²) in [4.78, 5) is 15.6. The molecule has 1 saturated carbocycles. The fourth-order valence-electron chi connectivity index (χ4n) is 1.99. The highest BCUT2D eigenvalue weighted by Gasteiger charge is 2.15. The van der Waals surface area contributed by atoms with Crippen LogP contribution in [0.4, 0.5) is 0 Å². The van der Waals surface area contributed by atoms with Crippen molar-refractivity contribution in [3.63, 3.8) is 0 Å². The molecule has 0 saturated heterocycles. The molecule has 1 aliphatic carbocycles. The topological polar surface area (TPSA) is 65.5 Å². The van der Waals surface area contributed by atoms with E-state index in [0.717, 1.165) is 12.5 Å². The van der Waals surface area contributed by atoms with Gasteiger partial charge in [0.2, 0.25) is 5.91 Å². The minimum Gasteiger partial charge on any atom is -0.357 e. The van der Waals surface area contributed by atoms with Gasteiger partial charge in [0, 0.05) is 19.1 Å². The molecule has 1 fully saturated rings. The second-order valence-electron chi connectivity index (χ2n) is 4.27. The first-order valence-corrected chi connectivity index (χ1v) is 6.57. The zero-order valence-corrected chi connectivity index (χ0v) is 10.9. The van der Waals surface area contributed by atoms with E-state index in [1.807, 2.05) is 13.8 Å². The summed E-state index contributed by atoms with van der Waals surface area (Å²) in [6.07, 6.45) is 4.97. The van der Waals surface area contributed by atoms with Gasteiger partial charge >= 0.3 is 0 Å². The fraction of sp³-hybridized carbons (Fsp3) is 0.833. The molecular formula is C12H24N4O. The molecule has 3 N–H and O–H groups in total. The van der Waals surface area contributed by atoms with Crippen molar-refractivity contribution in [3.8, 4) is 0 Å². The second-order valence-corrected chi connectivity index (χ2v) is 4.27. The predicted molar refractivity (Wildman–Crippen MR) is 70.1 cm³/mol. The molecule has 1 aliphatic rings. The lowest BCUT2D eigenvalue weighted by molar-refractivity contribution is -0.119. The van der Waals surface area contributed by atoms with E-state index in [2.05, 4.69) is 20.9 Å². The first-order valence-electron chi connectivity index (χ1n) is 6.57. The lowest BCUT2D eigenvalue weighted by Gasteiger charge is -2.16. The third kappa shape index (κ3) is 5.56. The molecule has 1 rings (SSSR count). The van der Waals surface area contributed by atoms with Crippen molar-refractivity contribution in [2.75, 3.05) is 19.6 Å². The number of amides is 1. The molecule has 1 amide bonds. The molecule has 0 aromatic carbocycles. The van der Waals surface area contributed by atoms with Crippen LogP contribution in [0, 0.1) is 0 Å². The van der Waals surface area contributed by atoms with Crippen LogP contribution in [0.5, 0.6) is 0 Å². The number of hydrogen-bond acceptors (Lipinski definition) is 2. The van der Waals surface area contributed by atoms with Crippen LogP contribution in [0.2, 0.25) is 0 Å². The van der Waals surface area contributed by atoms with E-state index in [4.69, 9.17) is 0 Å². The second kappa shape index (κ2) is 7.92. The summed E-state index contributed by atoms with van der Waals surface area (Å²) < 4.78 is 0. The van der Waals surface area contributed by atoms with Crippen LogP contribution in [-0.2, 0) is 4.79 Å². The van der Waals surface area contributed by atoms with Crippen molar-refractivity contribution in [1.82, 2.24) is 16.0 Å². The molecule has 0 unspecified atom stereocenters. The van der Waals surface area contributed by atoms with Crippen molar-refractivity contribution in [3.05, 3.63) is 0 Å². The highest BCUT2D eigenvalue weighted by molar-refractivity contribution is 5.85. The maximum Gasteiger partial charge on any atom is 0.241 e. The summed E-state index contributed by atoms with van der Waals surface area (Å²) in [5, 5.41) is 9.27. The number of carbonyl (C=O) groups excluding carboxylic acids is 1. The van der Waals surface area contributed by atoms with E-state index >= 15 is 0 Å². The Hall–Kier alpha value is -1.26. The van der Waals surface area contributed by atoms with E-state index in [1.165, 1.54) is 25.7 Å². The van der Waals surface area contributed by atoms with Crippen LogP contribution < -0.4 is 16.0 Å². The van der Waals surface area contributed by atoms with Gasteiger partial charge in [-0.05, 0) is 26.7 Å². The predicted octanol–water partition coefficient (Wildman–Crippen LogP) is 0.620. The van der Waals surface area contributed by atoms with E-state index in [9.17, 15) is 4.79 Å². The standard InChI is InChI=1S/C12H24N4O/c1-3-13-11(17)9-15-12(14-4-2)16-10-7-5-6-8-10/h10H,3-9H2,1-2H3,(H,13,17)(H2,14,15,16). The first kappa shape index (κ1) is 13.8. The van der Waals surface area contributed by atoms with Gasteiger partial charge in [0.15, 0.2) is 5.96 Å². The quantitative estimate of drug-likeness (QED) is 0.487. The van der Waals surface area contributed by atoms with Gasteiger partial charge in [0.05, 0.1) is 0 Å². The third-order valence-corrected chi connectivity index (χ3v) is 2.79. The Morgan fingerprint density at radius 1 is 1.18 bits per heavy atom. The van der Waals surface area contributed by atoms with Crippen molar-refractivity contribution < 1.29 is 4.79 Å². The summed E-state index contributed by atoms with van der Waals surface area (Å²) in [5.74, 6) is 0.724. The molecule has 0 aromatic rings. The molecule has 0 heterocycles. The van der Waals surface area contributed by atoms with Crippen molar-refractivity contribution >= 4 is 11.9 Å². The SMILES string of the molecule is CCNC(=O)CN=C(NCC)NC1CCCC1. The van der Waals surface area contributed by atoms with Crippen LogP contribution in [0.15, 0.2) is 4.99 Å². The lowest BCUT2D eigenvalue weighted by atomic mass is 10.2. The molecule has 0 aliphatic heterocycles. The molecule has 0 spiro atoms. The Morgan fingerprint density at radius 3 is 2.41 bits per heavy atom. The third-order valence-electron chi connectivity index (χ3n) is 2.79. The van der Waals surface area contributed by atoms with Crippen molar-refractivity contribution in [2.45, 2.75) is 45.6 Å². The van der Waals surface area contributed by atoms with Gasteiger partial charge in [0.25, 0.3) is 0 Å². The zero-order valence-electron chi connectivity index (χ0n) is 10.9. The highest BCUT2D eigenvalue weighted by Crippen LogP contribution is 2.17. The molecule has 0 radical (unpaired) electrons. The maximum absolute atomic E-state index is 11.3. The van der Waals surface area contributed by atoms with E-state index in [1.54, 1.807) is 0 Å². The highest BCUT2D eigenvalue weighted by atomic mass is 16.1. The van der Waals surface area contributed by atoms with Gasteiger partial charge in [-0.1, -0.05) is 12.8 Å². The van der Waals surface area contributed by atoms with E-state index < -0.39 is 0 Å². The minimum absolute atomic E-state index is 0.0314. The Morgan fingerprint density at radius 2 is 1.82 bits per heavy atom. The van der Waals surface area contributed by atoms with Crippen LogP contribution in [0.3, 0.4) is 0 Å². The maximum atomic E-state index is 11.3. The molecular weight excluding hydrogens is 216 g/mol. The molecule has 0 atom stereocenters. The number of carbonyl (C=O) groups is 1. The van der Waals surface area contributed by atoms with E-state index in [0.29, 0.717) is 12.6 Å². The van der Waals surface area contributed by atoms with Crippen LogP contribution >= 0.6 is 0 Å². The Balaban J connectivity index is 2.39. The lowest BCUT2D eigenvalue weighted by Crippen LogP contribution is -2.43. The van der Waals surface area contributed by atoms with Crippen molar-refractivity contribution in [1.29, 1.82) is 0 Å². The van der Waals surface area contributed by atoms with Gasteiger partial charge in [-0.2, -0.15) is 0 Å². The van der Waals surface area contributed by atoms with Gasteiger partial charge in [-0.25, -0.2) is 4.99 Å². The molecule has 17 heavy (non-hydrogen) atoms. The smallest absolute Gasteiger partial charge is 0.241 e. The summed E-state index contributed by atoms with van der Waals surface area (Å²) in [6.45, 7) is 5.59. The largest absolute Gasteiger partial charge is 0.357 e. The van der Waals surface area contributed by atoms with Gasteiger partial charge in [-0.3, -0.25) is 4.79 Å². The van der Waals surface area contributed by atoms with Crippen molar-refractivity contribution in [2.24, 2.45) is 4.99 Å². The Labute approximate surface area is 103 Å². The number of aliphatic imine (C=N–C) groups is 1. The Kier molecular flexibility index (Phi) is 6.43. The normalized spacial score (nSPS) is 16.9. The monoisotopic (exact) mass is 240 g/mol. The van der Waals surface area contributed by atoms with Crippen LogP contribution in [0.25, 0.3) is 0 Å². The first-order chi connectivity index (χ1) is 8.26. The number of nitrogens with zero attached hydrogens (tertiary/aromatic N) is 1. The number of likely N-dealkylation sites (N-methyl/N-ethyl adjacent to an activating group) is 1. The number of rotatable bonds is 5. The Bertz CT molecular complexity index is 259. The van der Waals surface area contributed by atoms with Gasteiger partial charge < -0.3 is 16.0 Å². The van der Waals surface area contributed by atoms with E-state index in [-0.39, 0.29) is 12.5 Å². The average molecular weight is 240 g/mol. The number of hydrogen-bond donors (Lipinski definition) is 3. The summed E-state index contributed by atoms with van der Waals surface area (Å²) in [7, 11) is 0. The number of guanidine groups is 1.